The molecule has 110 valence electrons. The van der Waals surface area contributed by atoms with Gasteiger partial charge in [-0.05, 0) is 19.1 Å². The molecule has 3 heterocycles. The molecule has 0 amide bonds. The van der Waals surface area contributed by atoms with Gasteiger partial charge < -0.3 is 9.64 Å². The van der Waals surface area contributed by atoms with Gasteiger partial charge in [-0.15, -0.1) is 0 Å². The number of aryl methyl sites for hydroxylation is 1. The molecule has 0 radical (unpaired) electrons. The van der Waals surface area contributed by atoms with Crippen molar-refractivity contribution in [2.24, 2.45) is 0 Å². The second kappa shape index (κ2) is 5.13. The minimum Gasteiger partial charge on any atom is -0.370 e. The fraction of sp³-hybridized carbons (Fsp3) is 0.467. The molecule has 6 nitrogen and oxygen atoms in total. The van der Waals surface area contributed by atoms with Crippen LogP contribution in [0.1, 0.15) is 5.82 Å². The van der Waals surface area contributed by atoms with E-state index in [0.29, 0.717) is 0 Å². The number of imidazole rings is 1. The molecule has 0 bridgehead atoms. The van der Waals surface area contributed by atoms with Gasteiger partial charge >= 0.3 is 0 Å². The Balaban J connectivity index is 1.65. The number of nitrogens with zero attached hydrogens (tertiary/aromatic N) is 4. The number of quaternary nitrogens is 1. The maximum Gasteiger partial charge on any atom is 0.233 e. The lowest BCUT2D eigenvalue weighted by Crippen LogP contribution is -3.14. The lowest BCUT2D eigenvalue weighted by molar-refractivity contribution is -0.908. The van der Waals surface area contributed by atoms with Crippen LogP contribution in [0.2, 0.25) is 0 Å². The molecule has 6 heteroatoms. The Morgan fingerprint density at radius 3 is 2.90 bits per heavy atom. The normalized spacial score (nSPS) is 17.0. The highest BCUT2D eigenvalue weighted by Gasteiger charge is 2.17. The van der Waals surface area contributed by atoms with Crippen LogP contribution < -0.4 is 4.90 Å². The van der Waals surface area contributed by atoms with Gasteiger partial charge in [-0.2, -0.15) is 9.61 Å². The van der Waals surface area contributed by atoms with Gasteiger partial charge in [0.1, 0.15) is 18.9 Å². The van der Waals surface area contributed by atoms with Crippen molar-refractivity contribution in [3.8, 4) is 0 Å². The Morgan fingerprint density at radius 2 is 2.05 bits per heavy atom. The van der Waals surface area contributed by atoms with Gasteiger partial charge in [0.2, 0.25) is 5.78 Å². The second-order valence-corrected chi connectivity index (χ2v) is 5.62. The summed E-state index contributed by atoms with van der Waals surface area (Å²) in [7, 11) is 0. The van der Waals surface area contributed by atoms with Crippen molar-refractivity contribution in [3.05, 3.63) is 30.1 Å². The van der Waals surface area contributed by atoms with E-state index >= 15 is 0 Å². The summed E-state index contributed by atoms with van der Waals surface area (Å²) in [5.41, 5.74) is 2.08. The van der Waals surface area contributed by atoms with Gasteiger partial charge in [-0.1, -0.05) is 12.1 Å². The summed E-state index contributed by atoms with van der Waals surface area (Å²) in [6.45, 7) is 8.05. The van der Waals surface area contributed by atoms with Crippen LogP contribution in [0.15, 0.2) is 24.3 Å². The molecule has 0 saturated carbocycles. The highest BCUT2D eigenvalue weighted by molar-refractivity contribution is 5.78. The molecule has 1 fully saturated rings. The fourth-order valence-electron chi connectivity index (χ4n) is 3.06. The zero-order chi connectivity index (χ0) is 14.2. The van der Waals surface area contributed by atoms with Gasteiger partial charge in [0.25, 0.3) is 0 Å². The van der Waals surface area contributed by atoms with Gasteiger partial charge in [0.05, 0.1) is 37.3 Å². The van der Waals surface area contributed by atoms with Gasteiger partial charge in [-0.25, -0.2) is 4.98 Å². The third-order valence-electron chi connectivity index (χ3n) is 4.29. The lowest BCUT2D eigenvalue weighted by Gasteiger charge is -2.23. The zero-order valence-electron chi connectivity index (χ0n) is 12.2. The summed E-state index contributed by atoms with van der Waals surface area (Å²) < 4.78 is 9.60. The SMILES string of the molecule is Cc1nn2c3ccccc3nc2n1CC[NH+]1CCOCC1. The molecule has 1 aliphatic rings. The molecule has 4 rings (SSSR count). The van der Waals surface area contributed by atoms with Crippen LogP contribution in [-0.4, -0.2) is 52.0 Å². The van der Waals surface area contributed by atoms with Crippen molar-refractivity contribution in [1.82, 2.24) is 19.2 Å². The molecule has 1 N–H and O–H groups in total. The maximum atomic E-state index is 5.41. The van der Waals surface area contributed by atoms with Crippen LogP contribution in [0.5, 0.6) is 0 Å². The largest absolute Gasteiger partial charge is 0.370 e. The predicted octanol–water partition coefficient (Wildman–Crippen LogP) is -0.0925. The molecule has 3 aromatic rings. The van der Waals surface area contributed by atoms with E-state index in [1.54, 1.807) is 4.90 Å². The standard InChI is InChI=1S/C15H19N5O/c1-12-17-20-14-5-3-2-4-13(14)16-15(20)19(12)7-6-18-8-10-21-11-9-18/h2-5H,6-11H2,1H3/p+1. The quantitative estimate of drug-likeness (QED) is 0.732. The van der Waals surface area contributed by atoms with E-state index in [0.717, 1.165) is 62.0 Å². The Hall–Kier alpha value is -1.92. The third-order valence-corrected chi connectivity index (χ3v) is 4.29. The molecule has 21 heavy (non-hydrogen) atoms. The Bertz CT molecular complexity index is 769. The first-order chi connectivity index (χ1) is 10.3. The number of rotatable bonds is 3. The van der Waals surface area contributed by atoms with Crippen molar-refractivity contribution in [2.45, 2.75) is 13.5 Å². The zero-order valence-corrected chi connectivity index (χ0v) is 12.2. The summed E-state index contributed by atoms with van der Waals surface area (Å²) in [5.74, 6) is 1.97. The maximum absolute atomic E-state index is 5.41. The van der Waals surface area contributed by atoms with E-state index in [-0.39, 0.29) is 0 Å². The second-order valence-electron chi connectivity index (χ2n) is 5.62. The minimum atomic E-state index is 0.876. The smallest absolute Gasteiger partial charge is 0.233 e. The summed E-state index contributed by atoms with van der Waals surface area (Å²) in [4.78, 5) is 6.33. The molecule has 0 unspecified atom stereocenters. The minimum absolute atomic E-state index is 0.876. The number of para-hydroxylation sites is 2. The monoisotopic (exact) mass is 286 g/mol. The van der Waals surface area contributed by atoms with Crippen LogP contribution in [0.3, 0.4) is 0 Å². The number of nitrogens with one attached hydrogen (secondary N) is 1. The highest BCUT2D eigenvalue weighted by Crippen LogP contribution is 2.16. The average Bonchev–Trinajstić information content (AvgIpc) is 3.01. The third kappa shape index (κ3) is 2.20. The first kappa shape index (κ1) is 12.8. The number of hydrogen-bond acceptors (Lipinski definition) is 3. The predicted molar refractivity (Wildman–Crippen MR) is 79.6 cm³/mol. The van der Waals surface area contributed by atoms with E-state index < -0.39 is 0 Å². The van der Waals surface area contributed by atoms with Crippen molar-refractivity contribution in [3.63, 3.8) is 0 Å². The Morgan fingerprint density at radius 1 is 1.24 bits per heavy atom. The summed E-state index contributed by atoms with van der Waals surface area (Å²) in [6, 6.07) is 8.16. The number of morpholine rings is 1. The van der Waals surface area contributed by atoms with Crippen LogP contribution >= 0.6 is 0 Å². The van der Waals surface area contributed by atoms with E-state index in [9.17, 15) is 0 Å². The first-order valence-electron chi connectivity index (χ1n) is 7.55. The summed E-state index contributed by atoms with van der Waals surface area (Å²) in [6.07, 6.45) is 0. The van der Waals surface area contributed by atoms with Gasteiger partial charge in [0, 0.05) is 0 Å². The van der Waals surface area contributed by atoms with E-state index in [4.69, 9.17) is 9.72 Å². The van der Waals surface area contributed by atoms with Crippen molar-refractivity contribution in [2.75, 3.05) is 32.8 Å². The van der Waals surface area contributed by atoms with Crippen LogP contribution in [0.4, 0.5) is 0 Å². The fourth-order valence-corrected chi connectivity index (χ4v) is 3.06. The summed E-state index contributed by atoms with van der Waals surface area (Å²) in [5, 5.41) is 4.65. The van der Waals surface area contributed by atoms with E-state index in [1.165, 1.54) is 0 Å². The molecule has 2 aromatic heterocycles. The molecular formula is C15H20N5O+. The average molecular weight is 286 g/mol. The number of benzene rings is 1. The number of ether oxygens (including phenoxy) is 1. The molecule has 1 saturated heterocycles. The van der Waals surface area contributed by atoms with Crippen molar-refractivity contribution in [1.29, 1.82) is 0 Å². The van der Waals surface area contributed by atoms with Gasteiger partial charge in [-0.3, -0.25) is 4.57 Å². The molecule has 1 aromatic carbocycles. The van der Waals surface area contributed by atoms with Gasteiger partial charge in [0.15, 0.2) is 0 Å². The molecule has 1 aliphatic heterocycles. The molecule has 0 aliphatic carbocycles. The van der Waals surface area contributed by atoms with Crippen molar-refractivity contribution < 1.29 is 9.64 Å². The van der Waals surface area contributed by atoms with Crippen molar-refractivity contribution >= 4 is 16.8 Å². The molecule has 0 spiro atoms. The first-order valence-corrected chi connectivity index (χ1v) is 7.55. The van der Waals surface area contributed by atoms with Crippen LogP contribution in [0.25, 0.3) is 16.8 Å². The van der Waals surface area contributed by atoms with E-state index in [2.05, 4.69) is 22.7 Å². The molecule has 0 atom stereocenters. The highest BCUT2D eigenvalue weighted by atomic mass is 16.5. The van der Waals surface area contributed by atoms with Crippen LogP contribution in [0, 0.1) is 6.92 Å². The number of hydrogen-bond donors (Lipinski definition) is 1. The molecular weight excluding hydrogens is 266 g/mol. The summed E-state index contributed by atoms with van der Waals surface area (Å²) >= 11 is 0. The van der Waals surface area contributed by atoms with Crippen LogP contribution in [-0.2, 0) is 11.3 Å². The number of aromatic nitrogens is 4. The Labute approximate surface area is 122 Å². The van der Waals surface area contributed by atoms with E-state index in [1.807, 2.05) is 22.7 Å². The lowest BCUT2D eigenvalue weighted by atomic mass is 10.3. The Kier molecular flexibility index (Phi) is 3.12. The number of fused-ring (bicyclic) bond motifs is 3. The topological polar surface area (TPSA) is 48.8 Å².